The van der Waals surface area contributed by atoms with Crippen molar-refractivity contribution in [2.45, 2.75) is 11.6 Å². The number of nitrogens with zero attached hydrogens (tertiary/aromatic N) is 4. The summed E-state index contributed by atoms with van der Waals surface area (Å²) < 4.78 is 7.42. The van der Waals surface area contributed by atoms with Crippen LogP contribution in [0.15, 0.2) is 53.7 Å². The molecule has 7 heteroatoms. The van der Waals surface area contributed by atoms with Crippen molar-refractivity contribution < 1.29 is 4.74 Å². The molecule has 3 rings (SSSR count). The Kier molecular flexibility index (Phi) is 5.59. The average molecular weight is 371 g/mol. The Bertz CT molecular complexity index is 902. The van der Waals surface area contributed by atoms with E-state index in [0.717, 1.165) is 22.2 Å². The van der Waals surface area contributed by atoms with E-state index in [2.05, 4.69) is 16.3 Å². The van der Waals surface area contributed by atoms with Crippen LogP contribution >= 0.6 is 23.4 Å². The standard InChI is InChI=1S/C18H15ClN4OS/c1-24-16-6-3-2-5-15(16)17-21-22-18(25-12-4-11-20)23(17)14-9-7-13(19)8-10-14/h2-3,5-10H,4,12H2,1H3. The Labute approximate surface area is 155 Å². The molecule has 0 N–H and O–H groups in total. The molecule has 0 aliphatic rings. The predicted molar refractivity (Wildman–Crippen MR) is 99.3 cm³/mol. The highest BCUT2D eigenvalue weighted by Crippen LogP contribution is 2.33. The van der Waals surface area contributed by atoms with Gasteiger partial charge in [0.25, 0.3) is 0 Å². The van der Waals surface area contributed by atoms with E-state index in [9.17, 15) is 0 Å². The van der Waals surface area contributed by atoms with E-state index >= 15 is 0 Å². The zero-order chi connectivity index (χ0) is 17.6. The molecular weight excluding hydrogens is 356 g/mol. The molecule has 0 saturated carbocycles. The van der Waals surface area contributed by atoms with Crippen molar-refractivity contribution in [1.29, 1.82) is 5.26 Å². The van der Waals surface area contributed by atoms with Gasteiger partial charge in [0.05, 0.1) is 18.7 Å². The molecule has 0 spiro atoms. The van der Waals surface area contributed by atoms with E-state index < -0.39 is 0 Å². The lowest BCUT2D eigenvalue weighted by molar-refractivity contribution is 0.416. The second-order valence-electron chi connectivity index (χ2n) is 5.07. The van der Waals surface area contributed by atoms with E-state index in [1.54, 1.807) is 7.11 Å². The SMILES string of the molecule is COc1ccccc1-c1nnc(SCCC#N)n1-c1ccc(Cl)cc1. The monoisotopic (exact) mass is 370 g/mol. The lowest BCUT2D eigenvalue weighted by atomic mass is 10.2. The van der Waals surface area contributed by atoms with Crippen molar-refractivity contribution >= 4 is 23.4 Å². The van der Waals surface area contributed by atoms with E-state index in [4.69, 9.17) is 21.6 Å². The maximum atomic E-state index is 8.78. The van der Waals surface area contributed by atoms with E-state index in [-0.39, 0.29) is 0 Å². The first kappa shape index (κ1) is 17.3. The van der Waals surface area contributed by atoms with Gasteiger partial charge in [-0.2, -0.15) is 5.26 Å². The predicted octanol–water partition coefficient (Wildman–Crippen LogP) is 4.60. The molecule has 3 aromatic rings. The Morgan fingerprint density at radius 2 is 1.92 bits per heavy atom. The van der Waals surface area contributed by atoms with Crippen LogP contribution in [0.1, 0.15) is 6.42 Å². The third kappa shape index (κ3) is 3.78. The van der Waals surface area contributed by atoms with Gasteiger partial charge in [-0.05, 0) is 36.4 Å². The summed E-state index contributed by atoms with van der Waals surface area (Å²) in [6.07, 6.45) is 0.447. The highest BCUT2D eigenvalue weighted by atomic mass is 35.5. The number of ether oxygens (including phenoxy) is 1. The first-order valence-corrected chi connectivity index (χ1v) is 8.95. The van der Waals surface area contributed by atoms with Gasteiger partial charge in [0.15, 0.2) is 11.0 Å². The van der Waals surface area contributed by atoms with Crippen molar-refractivity contribution in [3.63, 3.8) is 0 Å². The van der Waals surface area contributed by atoms with Gasteiger partial charge < -0.3 is 4.74 Å². The normalized spacial score (nSPS) is 10.4. The Balaban J connectivity index is 2.12. The number of thioether (sulfide) groups is 1. The minimum atomic E-state index is 0.447. The van der Waals surface area contributed by atoms with Crippen LogP contribution in [0.5, 0.6) is 5.75 Å². The maximum Gasteiger partial charge on any atom is 0.196 e. The Morgan fingerprint density at radius 1 is 1.16 bits per heavy atom. The summed E-state index contributed by atoms with van der Waals surface area (Å²) in [4.78, 5) is 0. The minimum absolute atomic E-state index is 0.447. The van der Waals surface area contributed by atoms with Crippen LogP contribution in [0, 0.1) is 11.3 Å². The molecule has 5 nitrogen and oxygen atoms in total. The number of halogens is 1. The van der Waals surface area contributed by atoms with Crippen LogP contribution in [0.3, 0.4) is 0 Å². The van der Waals surface area contributed by atoms with Gasteiger partial charge in [0.1, 0.15) is 5.75 Å². The van der Waals surface area contributed by atoms with Crippen LogP contribution < -0.4 is 4.74 Å². The molecule has 0 radical (unpaired) electrons. The highest BCUT2D eigenvalue weighted by molar-refractivity contribution is 7.99. The van der Waals surface area contributed by atoms with Gasteiger partial charge in [0.2, 0.25) is 0 Å². The first-order chi connectivity index (χ1) is 12.2. The van der Waals surface area contributed by atoms with E-state index in [1.165, 1.54) is 11.8 Å². The van der Waals surface area contributed by atoms with Gasteiger partial charge >= 0.3 is 0 Å². The number of hydrogen-bond donors (Lipinski definition) is 0. The highest BCUT2D eigenvalue weighted by Gasteiger charge is 2.18. The maximum absolute atomic E-state index is 8.78. The lowest BCUT2D eigenvalue weighted by Crippen LogP contribution is -2.01. The molecule has 0 amide bonds. The molecule has 0 unspecified atom stereocenters. The summed E-state index contributed by atoms with van der Waals surface area (Å²) in [5.41, 5.74) is 1.74. The smallest absolute Gasteiger partial charge is 0.196 e. The third-order valence-electron chi connectivity index (χ3n) is 3.51. The summed E-state index contributed by atoms with van der Waals surface area (Å²) in [6, 6.07) is 17.3. The molecule has 0 fully saturated rings. The van der Waals surface area contributed by atoms with E-state index in [0.29, 0.717) is 23.0 Å². The zero-order valence-electron chi connectivity index (χ0n) is 13.5. The second-order valence-corrected chi connectivity index (χ2v) is 6.57. The van der Waals surface area contributed by atoms with Gasteiger partial charge in [-0.25, -0.2) is 0 Å². The van der Waals surface area contributed by atoms with Crippen LogP contribution in [-0.2, 0) is 0 Å². The van der Waals surface area contributed by atoms with Crippen molar-refractivity contribution in [2.75, 3.05) is 12.9 Å². The molecule has 0 bridgehead atoms. The van der Waals surface area contributed by atoms with Crippen molar-refractivity contribution in [2.24, 2.45) is 0 Å². The Hall–Kier alpha value is -2.49. The molecule has 0 aliphatic carbocycles. The number of rotatable bonds is 6. The summed E-state index contributed by atoms with van der Waals surface area (Å²) in [6.45, 7) is 0. The van der Waals surface area contributed by atoms with Gasteiger partial charge in [-0.15, -0.1) is 10.2 Å². The fourth-order valence-corrected chi connectivity index (χ4v) is 3.30. The first-order valence-electron chi connectivity index (χ1n) is 7.59. The number of hydrogen-bond acceptors (Lipinski definition) is 5. The number of methoxy groups -OCH3 is 1. The molecule has 126 valence electrons. The molecule has 0 aliphatic heterocycles. The molecule has 25 heavy (non-hydrogen) atoms. The van der Waals surface area contributed by atoms with Crippen molar-refractivity contribution in [1.82, 2.24) is 14.8 Å². The van der Waals surface area contributed by atoms with Crippen LogP contribution in [0.2, 0.25) is 5.02 Å². The summed E-state index contributed by atoms with van der Waals surface area (Å²) in [5.74, 6) is 2.05. The number of nitriles is 1. The topological polar surface area (TPSA) is 63.7 Å². The molecule has 0 saturated heterocycles. The summed E-state index contributed by atoms with van der Waals surface area (Å²) in [7, 11) is 1.63. The molecule has 1 aromatic heterocycles. The third-order valence-corrected chi connectivity index (χ3v) is 4.69. The number of benzene rings is 2. The largest absolute Gasteiger partial charge is 0.496 e. The lowest BCUT2D eigenvalue weighted by Gasteiger charge is -2.12. The summed E-state index contributed by atoms with van der Waals surface area (Å²) >= 11 is 7.51. The Morgan fingerprint density at radius 3 is 2.64 bits per heavy atom. The van der Waals surface area contributed by atoms with Crippen molar-refractivity contribution in [3.05, 3.63) is 53.6 Å². The zero-order valence-corrected chi connectivity index (χ0v) is 15.1. The van der Waals surface area contributed by atoms with Crippen LogP contribution in [0.4, 0.5) is 0 Å². The summed E-state index contributed by atoms with van der Waals surface area (Å²) in [5, 5.41) is 18.8. The number of para-hydroxylation sites is 1. The van der Waals surface area contributed by atoms with Gasteiger partial charge in [-0.1, -0.05) is 35.5 Å². The molecule has 1 heterocycles. The second kappa shape index (κ2) is 8.06. The van der Waals surface area contributed by atoms with Gasteiger partial charge in [-0.3, -0.25) is 4.57 Å². The molecular formula is C18H15ClN4OS. The fraction of sp³-hybridized carbons (Fsp3) is 0.167. The van der Waals surface area contributed by atoms with Crippen LogP contribution in [0.25, 0.3) is 17.1 Å². The fourth-order valence-electron chi connectivity index (χ4n) is 2.38. The molecule has 0 atom stereocenters. The average Bonchev–Trinajstić information content (AvgIpc) is 3.06. The van der Waals surface area contributed by atoms with Gasteiger partial charge in [0, 0.05) is 22.9 Å². The van der Waals surface area contributed by atoms with Crippen molar-refractivity contribution in [3.8, 4) is 28.9 Å². The number of aromatic nitrogens is 3. The van der Waals surface area contributed by atoms with E-state index in [1.807, 2.05) is 53.1 Å². The minimum Gasteiger partial charge on any atom is -0.496 e. The molecule has 2 aromatic carbocycles. The quantitative estimate of drug-likeness (QED) is 0.468. The van der Waals surface area contributed by atoms with Crippen LogP contribution in [-0.4, -0.2) is 27.6 Å².